The Kier molecular flexibility index (Phi) is 6.91. The second-order valence-electron chi connectivity index (χ2n) is 4.91. The summed E-state index contributed by atoms with van der Waals surface area (Å²) in [7, 11) is 0. The summed E-state index contributed by atoms with van der Waals surface area (Å²) in [6.07, 6.45) is 13.7. The van der Waals surface area contributed by atoms with Gasteiger partial charge in [0.15, 0.2) is 12.4 Å². The first-order valence-electron chi connectivity index (χ1n) is 7.32. The van der Waals surface area contributed by atoms with Crippen molar-refractivity contribution in [3.63, 3.8) is 0 Å². The maximum Gasteiger partial charge on any atom is 0.171 e. The molecule has 1 aromatic heterocycles. The molecule has 0 bridgehead atoms. The summed E-state index contributed by atoms with van der Waals surface area (Å²) in [5, 5.41) is 0. The monoisotopic (exact) mass is 234 g/mol. The lowest BCUT2D eigenvalue weighted by Gasteiger charge is -2.03. The largest absolute Gasteiger partial charge is 0.205 e. The number of hydrogen-bond donors (Lipinski definition) is 0. The number of rotatable bonds is 8. The van der Waals surface area contributed by atoms with Crippen molar-refractivity contribution >= 4 is 0 Å². The summed E-state index contributed by atoms with van der Waals surface area (Å²) in [4.78, 5) is 0. The van der Waals surface area contributed by atoms with Gasteiger partial charge in [-0.15, -0.1) is 0 Å². The standard InChI is InChI=1S/C16H28N/c1-4-7-8-9-10-11-17-13-15(5-2)12-16(6-3)14-17/h12-14H,4-11H2,1-3H3/q+1. The second-order valence-corrected chi connectivity index (χ2v) is 4.91. The van der Waals surface area contributed by atoms with Crippen LogP contribution in [0.4, 0.5) is 0 Å². The summed E-state index contributed by atoms with van der Waals surface area (Å²) in [6, 6.07) is 2.34. The third-order valence-corrected chi connectivity index (χ3v) is 3.37. The van der Waals surface area contributed by atoms with Crippen LogP contribution >= 0.6 is 0 Å². The summed E-state index contributed by atoms with van der Waals surface area (Å²) in [6.45, 7) is 7.93. The van der Waals surface area contributed by atoms with Gasteiger partial charge in [0.1, 0.15) is 6.54 Å². The zero-order chi connectivity index (χ0) is 12.5. The van der Waals surface area contributed by atoms with Gasteiger partial charge in [-0.25, -0.2) is 4.57 Å². The first kappa shape index (κ1) is 14.2. The highest BCUT2D eigenvalue weighted by Crippen LogP contribution is 2.05. The van der Waals surface area contributed by atoms with Crippen molar-refractivity contribution in [2.45, 2.75) is 72.3 Å². The summed E-state index contributed by atoms with van der Waals surface area (Å²) in [5.41, 5.74) is 2.94. The zero-order valence-corrected chi connectivity index (χ0v) is 11.8. The van der Waals surface area contributed by atoms with E-state index < -0.39 is 0 Å². The predicted octanol–water partition coefficient (Wildman–Crippen LogP) is 4.07. The molecule has 1 nitrogen and oxygen atoms in total. The molecule has 0 aliphatic rings. The molecule has 0 radical (unpaired) electrons. The van der Waals surface area contributed by atoms with Gasteiger partial charge in [-0.2, -0.15) is 0 Å². The van der Waals surface area contributed by atoms with Gasteiger partial charge in [0.2, 0.25) is 0 Å². The van der Waals surface area contributed by atoms with Crippen molar-refractivity contribution in [2.75, 3.05) is 0 Å². The van der Waals surface area contributed by atoms with E-state index in [0.717, 1.165) is 12.8 Å². The molecule has 1 rings (SSSR count). The molecule has 0 spiro atoms. The maximum absolute atomic E-state index is 2.39. The molecule has 0 amide bonds. The first-order chi connectivity index (χ1) is 8.30. The molecule has 96 valence electrons. The van der Waals surface area contributed by atoms with E-state index in [1.807, 2.05) is 0 Å². The Balaban J connectivity index is 2.46. The van der Waals surface area contributed by atoms with Gasteiger partial charge in [0.25, 0.3) is 0 Å². The molecular formula is C16H28N+. The average Bonchev–Trinajstić information content (AvgIpc) is 2.38. The molecule has 0 N–H and O–H groups in total. The maximum atomic E-state index is 2.39. The van der Waals surface area contributed by atoms with Crippen LogP contribution in [0.3, 0.4) is 0 Å². The fraction of sp³-hybridized carbons (Fsp3) is 0.688. The third-order valence-electron chi connectivity index (χ3n) is 3.37. The average molecular weight is 234 g/mol. The molecule has 1 aromatic rings. The highest BCUT2D eigenvalue weighted by atomic mass is 14.9. The van der Waals surface area contributed by atoms with Crippen molar-refractivity contribution in [3.8, 4) is 0 Å². The predicted molar refractivity (Wildman–Crippen MR) is 74.2 cm³/mol. The Bertz CT molecular complexity index is 295. The Morgan fingerprint density at radius 1 is 0.824 bits per heavy atom. The molecule has 0 saturated carbocycles. The minimum absolute atomic E-state index is 1.14. The quantitative estimate of drug-likeness (QED) is 0.471. The van der Waals surface area contributed by atoms with Crippen LogP contribution in [0.15, 0.2) is 18.5 Å². The highest BCUT2D eigenvalue weighted by Gasteiger charge is 2.05. The van der Waals surface area contributed by atoms with Crippen molar-refractivity contribution in [1.82, 2.24) is 0 Å². The van der Waals surface area contributed by atoms with Crippen molar-refractivity contribution in [3.05, 3.63) is 29.6 Å². The lowest BCUT2D eigenvalue weighted by atomic mass is 10.1. The van der Waals surface area contributed by atoms with E-state index in [1.54, 1.807) is 0 Å². The van der Waals surface area contributed by atoms with Crippen molar-refractivity contribution < 1.29 is 4.57 Å². The second kappa shape index (κ2) is 8.27. The molecule has 1 heterocycles. The van der Waals surface area contributed by atoms with E-state index in [4.69, 9.17) is 0 Å². The Morgan fingerprint density at radius 3 is 1.94 bits per heavy atom. The van der Waals surface area contributed by atoms with Gasteiger partial charge in [-0.1, -0.05) is 40.0 Å². The van der Waals surface area contributed by atoms with E-state index in [2.05, 4.69) is 43.8 Å². The molecule has 0 unspecified atom stereocenters. The Hall–Kier alpha value is -0.850. The van der Waals surface area contributed by atoms with E-state index in [0.29, 0.717) is 0 Å². The number of aromatic nitrogens is 1. The number of pyridine rings is 1. The Morgan fingerprint density at radius 2 is 1.41 bits per heavy atom. The SMILES string of the molecule is CCCCCCC[n+]1cc(CC)cc(CC)c1. The van der Waals surface area contributed by atoms with E-state index in [9.17, 15) is 0 Å². The van der Waals surface area contributed by atoms with E-state index in [1.165, 1.54) is 49.8 Å². The molecule has 0 aliphatic carbocycles. The Labute approximate surface area is 107 Å². The zero-order valence-electron chi connectivity index (χ0n) is 11.8. The smallest absolute Gasteiger partial charge is 0.171 e. The normalized spacial score (nSPS) is 10.8. The van der Waals surface area contributed by atoms with Crippen LogP contribution in [0.2, 0.25) is 0 Å². The molecule has 0 aliphatic heterocycles. The lowest BCUT2D eigenvalue weighted by Crippen LogP contribution is -2.34. The van der Waals surface area contributed by atoms with Crippen LogP contribution in [-0.2, 0) is 19.4 Å². The summed E-state index contributed by atoms with van der Waals surface area (Å²) in [5.74, 6) is 0. The van der Waals surface area contributed by atoms with Crippen molar-refractivity contribution in [2.24, 2.45) is 0 Å². The number of hydrogen-bond acceptors (Lipinski definition) is 0. The molecule has 0 atom stereocenters. The molecule has 17 heavy (non-hydrogen) atoms. The topological polar surface area (TPSA) is 3.88 Å². The van der Waals surface area contributed by atoms with Crippen LogP contribution in [-0.4, -0.2) is 0 Å². The van der Waals surface area contributed by atoms with Gasteiger partial charge < -0.3 is 0 Å². The van der Waals surface area contributed by atoms with E-state index >= 15 is 0 Å². The fourth-order valence-electron chi connectivity index (χ4n) is 2.19. The first-order valence-corrected chi connectivity index (χ1v) is 7.32. The van der Waals surface area contributed by atoms with Gasteiger partial charge in [-0.05, 0) is 25.3 Å². The number of aryl methyl sites for hydroxylation is 3. The fourth-order valence-corrected chi connectivity index (χ4v) is 2.19. The minimum Gasteiger partial charge on any atom is -0.205 e. The number of unbranched alkanes of at least 4 members (excludes halogenated alkanes) is 4. The van der Waals surface area contributed by atoms with Gasteiger partial charge in [-0.3, -0.25) is 0 Å². The van der Waals surface area contributed by atoms with Crippen LogP contribution in [0.1, 0.15) is 64.0 Å². The van der Waals surface area contributed by atoms with Gasteiger partial charge in [0, 0.05) is 17.5 Å². The molecule has 0 saturated heterocycles. The number of nitrogens with zero attached hydrogens (tertiary/aromatic N) is 1. The van der Waals surface area contributed by atoms with Crippen LogP contribution in [0.5, 0.6) is 0 Å². The van der Waals surface area contributed by atoms with E-state index in [-0.39, 0.29) is 0 Å². The molecule has 1 heteroatoms. The summed E-state index contributed by atoms with van der Waals surface area (Å²) < 4.78 is 2.39. The summed E-state index contributed by atoms with van der Waals surface area (Å²) >= 11 is 0. The van der Waals surface area contributed by atoms with Crippen LogP contribution < -0.4 is 4.57 Å². The van der Waals surface area contributed by atoms with Crippen molar-refractivity contribution in [1.29, 1.82) is 0 Å². The molecular weight excluding hydrogens is 206 g/mol. The minimum atomic E-state index is 1.14. The molecule has 0 aromatic carbocycles. The van der Waals surface area contributed by atoms with Gasteiger partial charge >= 0.3 is 0 Å². The van der Waals surface area contributed by atoms with Crippen LogP contribution in [0.25, 0.3) is 0 Å². The lowest BCUT2D eigenvalue weighted by molar-refractivity contribution is -0.698. The van der Waals surface area contributed by atoms with Gasteiger partial charge in [0.05, 0.1) is 0 Å². The third kappa shape index (κ3) is 5.34. The highest BCUT2D eigenvalue weighted by molar-refractivity contribution is 5.14. The van der Waals surface area contributed by atoms with Crippen LogP contribution in [0, 0.1) is 0 Å². The molecule has 0 fully saturated rings.